The summed E-state index contributed by atoms with van der Waals surface area (Å²) in [7, 11) is 0. The highest BCUT2D eigenvalue weighted by Crippen LogP contribution is 2.18. The summed E-state index contributed by atoms with van der Waals surface area (Å²) >= 11 is 3.34. The molecule has 1 atom stereocenters. The molecule has 0 aliphatic carbocycles. The number of aliphatic hydroxyl groups excluding tert-OH is 1. The number of aliphatic hydroxyl groups is 1. The lowest BCUT2D eigenvalue weighted by Crippen LogP contribution is -1.98. The second kappa shape index (κ2) is 5.98. The van der Waals surface area contributed by atoms with E-state index in [9.17, 15) is 5.11 Å². The van der Waals surface area contributed by atoms with Gasteiger partial charge in [-0.15, -0.1) is 0 Å². The number of hydrogen-bond donors (Lipinski definition) is 1. The number of benzene rings is 1. The van der Waals surface area contributed by atoms with Gasteiger partial charge in [-0.2, -0.15) is 0 Å². The van der Waals surface area contributed by atoms with Crippen molar-refractivity contribution in [2.75, 3.05) is 0 Å². The number of aromatic nitrogens is 1. The molecule has 0 aliphatic heterocycles. The van der Waals surface area contributed by atoms with E-state index in [0.717, 1.165) is 21.5 Å². The highest BCUT2D eigenvalue weighted by molar-refractivity contribution is 9.10. The predicted octanol–water partition coefficient (Wildman–Crippen LogP) is 3.48. The fourth-order valence-corrected chi connectivity index (χ4v) is 1.73. The lowest BCUT2D eigenvalue weighted by atomic mass is 10.1. The zero-order valence-corrected chi connectivity index (χ0v) is 11.6. The van der Waals surface area contributed by atoms with Crippen molar-refractivity contribution in [2.24, 2.45) is 0 Å². The molecule has 0 unspecified atom stereocenters. The molecule has 2 rings (SSSR count). The number of nitrogens with zero attached hydrogens (tertiary/aromatic N) is 1. The van der Waals surface area contributed by atoms with Gasteiger partial charge in [0, 0.05) is 10.7 Å². The van der Waals surface area contributed by atoms with Crippen LogP contribution in [-0.4, -0.2) is 10.1 Å². The van der Waals surface area contributed by atoms with Gasteiger partial charge in [0.1, 0.15) is 12.4 Å². The van der Waals surface area contributed by atoms with Crippen molar-refractivity contribution in [1.29, 1.82) is 0 Å². The normalized spacial score (nSPS) is 12.2. The van der Waals surface area contributed by atoms with Crippen molar-refractivity contribution in [2.45, 2.75) is 19.6 Å². The fourth-order valence-electron chi connectivity index (χ4n) is 1.49. The van der Waals surface area contributed by atoms with Gasteiger partial charge >= 0.3 is 0 Å². The molecule has 1 heterocycles. The highest BCUT2D eigenvalue weighted by atomic mass is 79.9. The molecule has 0 bridgehead atoms. The Hall–Kier alpha value is -1.39. The monoisotopic (exact) mass is 307 g/mol. The van der Waals surface area contributed by atoms with Crippen LogP contribution in [0.25, 0.3) is 0 Å². The molecule has 0 spiro atoms. The van der Waals surface area contributed by atoms with Gasteiger partial charge in [-0.25, -0.2) is 0 Å². The van der Waals surface area contributed by atoms with Gasteiger partial charge in [0.05, 0.1) is 11.8 Å². The van der Waals surface area contributed by atoms with Crippen LogP contribution >= 0.6 is 15.9 Å². The van der Waals surface area contributed by atoms with E-state index in [1.165, 1.54) is 0 Å². The SMILES string of the molecule is C[C@@H](O)c1ccc(OCc2ccc(Br)cn2)cc1. The minimum absolute atomic E-state index is 0.432. The van der Waals surface area contributed by atoms with Crippen LogP contribution in [0.1, 0.15) is 24.3 Å². The van der Waals surface area contributed by atoms with Crippen LogP contribution in [0.15, 0.2) is 47.1 Å². The van der Waals surface area contributed by atoms with Crippen LogP contribution in [0, 0.1) is 0 Å². The van der Waals surface area contributed by atoms with Gasteiger partial charge in [0.25, 0.3) is 0 Å². The van der Waals surface area contributed by atoms with Crippen molar-refractivity contribution in [3.63, 3.8) is 0 Å². The van der Waals surface area contributed by atoms with Gasteiger partial charge < -0.3 is 9.84 Å². The molecule has 0 saturated carbocycles. The van der Waals surface area contributed by atoms with Crippen LogP contribution in [0.5, 0.6) is 5.75 Å². The van der Waals surface area contributed by atoms with Gasteiger partial charge in [0.15, 0.2) is 0 Å². The van der Waals surface area contributed by atoms with Crippen molar-refractivity contribution >= 4 is 15.9 Å². The van der Waals surface area contributed by atoms with Crippen molar-refractivity contribution in [3.05, 3.63) is 58.3 Å². The van der Waals surface area contributed by atoms with Gasteiger partial charge in [-0.1, -0.05) is 12.1 Å². The lowest BCUT2D eigenvalue weighted by molar-refractivity contribution is 0.199. The molecular formula is C14H14BrNO2. The van der Waals surface area contributed by atoms with E-state index in [0.29, 0.717) is 6.61 Å². The summed E-state index contributed by atoms with van der Waals surface area (Å²) in [4.78, 5) is 4.23. The number of ether oxygens (including phenoxy) is 1. The van der Waals surface area contributed by atoms with Crippen molar-refractivity contribution in [3.8, 4) is 5.75 Å². The smallest absolute Gasteiger partial charge is 0.130 e. The molecule has 2 aromatic rings. The Morgan fingerprint density at radius 3 is 2.50 bits per heavy atom. The first-order valence-electron chi connectivity index (χ1n) is 5.66. The standard InChI is InChI=1S/C14H14BrNO2/c1-10(17)11-2-6-14(7-3-11)18-9-13-5-4-12(15)8-16-13/h2-8,10,17H,9H2,1H3/t10-/m1/s1. The minimum atomic E-state index is -0.452. The fraction of sp³-hybridized carbons (Fsp3) is 0.214. The Kier molecular flexibility index (Phi) is 4.33. The Labute approximate surface area is 115 Å². The first-order valence-corrected chi connectivity index (χ1v) is 6.46. The van der Waals surface area contributed by atoms with E-state index in [1.807, 2.05) is 36.4 Å². The van der Waals surface area contributed by atoms with Crippen LogP contribution in [0.2, 0.25) is 0 Å². The molecule has 0 aliphatic rings. The number of rotatable bonds is 4. The minimum Gasteiger partial charge on any atom is -0.487 e. The van der Waals surface area contributed by atoms with E-state index in [4.69, 9.17) is 4.74 Å². The first-order chi connectivity index (χ1) is 8.65. The predicted molar refractivity (Wildman–Crippen MR) is 73.3 cm³/mol. The molecular weight excluding hydrogens is 294 g/mol. The molecule has 18 heavy (non-hydrogen) atoms. The maximum absolute atomic E-state index is 9.39. The van der Waals surface area contributed by atoms with Crippen LogP contribution < -0.4 is 4.74 Å². The van der Waals surface area contributed by atoms with E-state index < -0.39 is 6.10 Å². The Balaban J connectivity index is 1.95. The number of hydrogen-bond acceptors (Lipinski definition) is 3. The molecule has 0 fully saturated rings. The Morgan fingerprint density at radius 1 is 1.22 bits per heavy atom. The van der Waals surface area contributed by atoms with Crippen molar-refractivity contribution < 1.29 is 9.84 Å². The third-order valence-electron chi connectivity index (χ3n) is 2.54. The summed E-state index contributed by atoms with van der Waals surface area (Å²) in [6, 6.07) is 11.3. The largest absolute Gasteiger partial charge is 0.487 e. The Bertz CT molecular complexity index is 494. The maximum Gasteiger partial charge on any atom is 0.130 e. The lowest BCUT2D eigenvalue weighted by Gasteiger charge is -2.08. The molecule has 94 valence electrons. The molecule has 0 saturated heterocycles. The summed E-state index contributed by atoms with van der Waals surface area (Å²) in [5, 5.41) is 9.39. The average Bonchev–Trinajstić information content (AvgIpc) is 2.38. The molecule has 1 N–H and O–H groups in total. The second-order valence-corrected chi connectivity index (χ2v) is 4.92. The quantitative estimate of drug-likeness (QED) is 0.940. The third kappa shape index (κ3) is 3.55. The molecule has 1 aromatic heterocycles. The summed E-state index contributed by atoms with van der Waals surface area (Å²) in [5.41, 5.74) is 1.75. The average molecular weight is 308 g/mol. The van der Waals surface area contributed by atoms with Crippen molar-refractivity contribution in [1.82, 2.24) is 4.98 Å². The molecule has 4 heteroatoms. The Morgan fingerprint density at radius 2 is 1.94 bits per heavy atom. The second-order valence-electron chi connectivity index (χ2n) is 4.00. The van der Waals surface area contributed by atoms with Crippen LogP contribution in [0.4, 0.5) is 0 Å². The first kappa shape index (κ1) is 13.1. The topological polar surface area (TPSA) is 42.4 Å². The molecule has 1 aromatic carbocycles. The van der Waals surface area contributed by atoms with Gasteiger partial charge in [0.2, 0.25) is 0 Å². The highest BCUT2D eigenvalue weighted by Gasteiger charge is 2.01. The number of pyridine rings is 1. The van der Waals surface area contributed by atoms with Crippen LogP contribution in [-0.2, 0) is 6.61 Å². The summed E-state index contributed by atoms with van der Waals surface area (Å²) in [6.07, 6.45) is 1.29. The number of halogens is 1. The summed E-state index contributed by atoms with van der Waals surface area (Å²) in [5.74, 6) is 0.768. The molecule has 0 amide bonds. The zero-order chi connectivity index (χ0) is 13.0. The van der Waals surface area contributed by atoms with E-state index in [-0.39, 0.29) is 0 Å². The van der Waals surface area contributed by atoms with Crippen LogP contribution in [0.3, 0.4) is 0 Å². The van der Waals surface area contributed by atoms with E-state index in [1.54, 1.807) is 13.1 Å². The summed E-state index contributed by atoms with van der Waals surface area (Å²) < 4.78 is 6.56. The summed E-state index contributed by atoms with van der Waals surface area (Å²) in [6.45, 7) is 2.17. The van der Waals surface area contributed by atoms with Gasteiger partial charge in [-0.05, 0) is 52.7 Å². The van der Waals surface area contributed by atoms with E-state index in [2.05, 4.69) is 20.9 Å². The third-order valence-corrected chi connectivity index (χ3v) is 3.01. The van der Waals surface area contributed by atoms with E-state index >= 15 is 0 Å². The van der Waals surface area contributed by atoms with Gasteiger partial charge in [-0.3, -0.25) is 4.98 Å². The zero-order valence-electron chi connectivity index (χ0n) is 10.0. The molecule has 0 radical (unpaired) electrons. The maximum atomic E-state index is 9.39. The molecule has 3 nitrogen and oxygen atoms in total.